The largest absolute Gasteiger partial charge is 0.493 e. The second kappa shape index (κ2) is 6.77. The summed E-state index contributed by atoms with van der Waals surface area (Å²) >= 11 is 0. The van der Waals surface area contributed by atoms with Crippen LogP contribution in [0.15, 0.2) is 36.8 Å². The highest BCUT2D eigenvalue weighted by molar-refractivity contribution is 6.01. The van der Waals surface area contributed by atoms with E-state index in [2.05, 4.69) is 20.3 Å². The molecule has 0 bridgehead atoms. The van der Waals surface area contributed by atoms with E-state index < -0.39 is 0 Å². The van der Waals surface area contributed by atoms with Crippen LogP contribution >= 0.6 is 0 Å². The van der Waals surface area contributed by atoms with Crippen molar-refractivity contribution >= 4 is 22.3 Å². The molecule has 5 rings (SSSR count). The molecule has 4 aromatic rings. The fourth-order valence-corrected chi connectivity index (χ4v) is 3.92. The smallest absolute Gasteiger partial charge is 0.163 e. The fourth-order valence-electron chi connectivity index (χ4n) is 3.92. The van der Waals surface area contributed by atoms with Crippen LogP contribution in [0, 0.1) is 17.1 Å². The first-order valence-electron chi connectivity index (χ1n) is 9.30. The van der Waals surface area contributed by atoms with E-state index in [1.807, 2.05) is 6.07 Å². The van der Waals surface area contributed by atoms with Crippen LogP contribution < -0.4 is 9.64 Å². The van der Waals surface area contributed by atoms with Crippen LogP contribution in [0.2, 0.25) is 0 Å². The molecule has 0 atom stereocenters. The van der Waals surface area contributed by atoms with Crippen molar-refractivity contribution in [2.24, 2.45) is 7.05 Å². The number of hydrogen-bond acceptors (Lipinski definition) is 7. The van der Waals surface area contributed by atoms with Crippen LogP contribution in [-0.2, 0) is 13.5 Å². The first kappa shape index (κ1) is 18.0. The zero-order chi connectivity index (χ0) is 20.8. The average molecular weight is 401 g/mol. The van der Waals surface area contributed by atoms with E-state index in [4.69, 9.17) is 10.00 Å². The van der Waals surface area contributed by atoms with E-state index in [0.717, 1.165) is 22.2 Å². The van der Waals surface area contributed by atoms with Crippen molar-refractivity contribution in [3.8, 4) is 23.1 Å². The minimum atomic E-state index is -0.340. The molecule has 3 aromatic heterocycles. The summed E-state index contributed by atoms with van der Waals surface area (Å²) in [5, 5.41) is 22.9. The molecule has 1 aliphatic heterocycles. The Morgan fingerprint density at radius 3 is 2.77 bits per heavy atom. The maximum Gasteiger partial charge on any atom is 0.163 e. The first-order valence-corrected chi connectivity index (χ1v) is 9.30. The first-order chi connectivity index (χ1) is 14.6. The summed E-state index contributed by atoms with van der Waals surface area (Å²) in [6, 6.07) is 6.81. The van der Waals surface area contributed by atoms with Crippen molar-refractivity contribution in [3.05, 3.63) is 53.9 Å². The Balaban J connectivity index is 1.71. The molecule has 0 aliphatic carbocycles. The Labute approximate surface area is 171 Å². The maximum atomic E-state index is 14.8. The number of aromatic nitrogens is 5. The molecule has 30 heavy (non-hydrogen) atoms. The van der Waals surface area contributed by atoms with Gasteiger partial charge in [0.05, 0.1) is 30.4 Å². The van der Waals surface area contributed by atoms with Crippen molar-refractivity contribution in [1.82, 2.24) is 25.0 Å². The number of ether oxygens (including phenoxy) is 1. The number of hydrogen-bond donors (Lipinski definition) is 0. The molecule has 0 unspecified atom stereocenters. The van der Waals surface area contributed by atoms with E-state index in [-0.39, 0.29) is 5.82 Å². The second-order valence-electron chi connectivity index (χ2n) is 6.99. The standard InChI is InChI=1S/C21H16FN7O/c1-28(20-13-5-6-30-19(13)4-3-17(20)22)21-16-11-26-25-10-14(16)15(9-24-21)18-7-12(8-23)27-29(18)2/h3-4,7,9-11H,5-6H2,1-2H3. The Hall–Kier alpha value is -4.06. The van der Waals surface area contributed by atoms with Gasteiger partial charge in [-0.15, -0.1) is 0 Å². The number of halogens is 1. The van der Waals surface area contributed by atoms with E-state index in [1.54, 1.807) is 54.4 Å². The van der Waals surface area contributed by atoms with Crippen LogP contribution in [-0.4, -0.2) is 38.6 Å². The highest BCUT2D eigenvalue weighted by Crippen LogP contribution is 2.40. The summed E-state index contributed by atoms with van der Waals surface area (Å²) in [6.07, 6.45) is 5.56. The summed E-state index contributed by atoms with van der Waals surface area (Å²) in [5.74, 6) is 0.900. The molecule has 0 fully saturated rings. The van der Waals surface area contributed by atoms with Crippen LogP contribution in [0.4, 0.5) is 15.9 Å². The maximum absolute atomic E-state index is 14.8. The van der Waals surface area contributed by atoms with Crippen LogP contribution in [0.5, 0.6) is 5.75 Å². The van der Waals surface area contributed by atoms with Crippen molar-refractivity contribution < 1.29 is 9.13 Å². The predicted molar refractivity (Wildman–Crippen MR) is 108 cm³/mol. The molecule has 0 N–H and O–H groups in total. The Morgan fingerprint density at radius 1 is 1.20 bits per heavy atom. The lowest BCUT2D eigenvalue weighted by Crippen LogP contribution is -2.15. The van der Waals surface area contributed by atoms with Crippen LogP contribution in [0.1, 0.15) is 11.3 Å². The average Bonchev–Trinajstić information content (AvgIpc) is 3.38. The minimum Gasteiger partial charge on any atom is -0.493 e. The number of fused-ring (bicyclic) bond motifs is 2. The van der Waals surface area contributed by atoms with E-state index in [9.17, 15) is 4.39 Å². The molecule has 1 aromatic carbocycles. The summed E-state index contributed by atoms with van der Waals surface area (Å²) in [5.41, 5.74) is 3.06. The Morgan fingerprint density at radius 2 is 2.00 bits per heavy atom. The van der Waals surface area contributed by atoms with E-state index in [0.29, 0.717) is 41.4 Å². The number of pyridine rings is 1. The van der Waals surface area contributed by atoms with Crippen molar-refractivity contribution in [3.63, 3.8) is 0 Å². The van der Waals surface area contributed by atoms with Gasteiger partial charge in [-0.25, -0.2) is 9.37 Å². The molecule has 0 saturated heterocycles. The minimum absolute atomic E-state index is 0.311. The van der Waals surface area contributed by atoms with Gasteiger partial charge in [-0.1, -0.05) is 0 Å². The molecule has 0 saturated carbocycles. The van der Waals surface area contributed by atoms with Crippen molar-refractivity contribution in [2.45, 2.75) is 6.42 Å². The molecule has 0 amide bonds. The Kier molecular flexibility index (Phi) is 4.06. The number of anilines is 2. The SMILES string of the molecule is CN(c1c(F)ccc2c1CCO2)c1ncc(-c2cc(C#N)nn2C)c2cnncc12. The predicted octanol–water partition coefficient (Wildman–Crippen LogP) is 3.14. The molecule has 1 aliphatic rings. The van der Waals surface area contributed by atoms with Crippen molar-refractivity contribution in [1.29, 1.82) is 5.26 Å². The molecule has 0 spiro atoms. The van der Waals surface area contributed by atoms with Gasteiger partial charge >= 0.3 is 0 Å². The molecule has 0 radical (unpaired) electrons. The molecular weight excluding hydrogens is 385 g/mol. The summed E-state index contributed by atoms with van der Waals surface area (Å²) in [7, 11) is 3.54. The van der Waals surface area contributed by atoms with Gasteiger partial charge in [-0.2, -0.15) is 20.6 Å². The highest BCUT2D eigenvalue weighted by Gasteiger charge is 2.25. The third kappa shape index (κ3) is 2.65. The van der Waals surface area contributed by atoms with Gasteiger partial charge in [0.2, 0.25) is 0 Å². The lowest BCUT2D eigenvalue weighted by atomic mass is 10.1. The third-order valence-corrected chi connectivity index (χ3v) is 5.30. The third-order valence-electron chi connectivity index (χ3n) is 5.30. The van der Waals surface area contributed by atoms with Crippen LogP contribution in [0.25, 0.3) is 22.0 Å². The quantitative estimate of drug-likeness (QED) is 0.521. The number of aryl methyl sites for hydroxylation is 1. The van der Waals surface area contributed by atoms with Gasteiger partial charge in [0.25, 0.3) is 0 Å². The van der Waals surface area contributed by atoms with Gasteiger partial charge in [0.15, 0.2) is 5.69 Å². The summed E-state index contributed by atoms with van der Waals surface area (Å²) in [6.45, 7) is 0.528. The highest BCUT2D eigenvalue weighted by atomic mass is 19.1. The summed E-state index contributed by atoms with van der Waals surface area (Å²) in [4.78, 5) is 6.35. The van der Waals surface area contributed by atoms with E-state index in [1.165, 1.54) is 6.07 Å². The van der Waals surface area contributed by atoms with Gasteiger partial charge in [-0.3, -0.25) is 4.68 Å². The van der Waals surface area contributed by atoms with Crippen LogP contribution in [0.3, 0.4) is 0 Å². The van der Waals surface area contributed by atoms with E-state index >= 15 is 0 Å². The number of nitrogens with zero attached hydrogens (tertiary/aromatic N) is 7. The van der Waals surface area contributed by atoms with Gasteiger partial charge in [-0.05, 0) is 12.1 Å². The molecule has 9 heteroatoms. The molecule has 4 heterocycles. The summed E-state index contributed by atoms with van der Waals surface area (Å²) < 4.78 is 22.0. The van der Waals surface area contributed by atoms with Gasteiger partial charge < -0.3 is 9.64 Å². The lowest BCUT2D eigenvalue weighted by Gasteiger charge is -2.23. The monoisotopic (exact) mass is 401 g/mol. The zero-order valence-electron chi connectivity index (χ0n) is 16.3. The lowest BCUT2D eigenvalue weighted by molar-refractivity contribution is 0.356. The topological polar surface area (TPSA) is 92.8 Å². The normalized spacial score (nSPS) is 12.5. The molecular formula is C21H16FN7O. The van der Waals surface area contributed by atoms with Gasteiger partial charge in [0, 0.05) is 54.7 Å². The van der Waals surface area contributed by atoms with Gasteiger partial charge in [0.1, 0.15) is 23.5 Å². The second-order valence-corrected chi connectivity index (χ2v) is 6.99. The fraction of sp³-hybridized carbons (Fsp3) is 0.190. The molecule has 148 valence electrons. The van der Waals surface area contributed by atoms with Crippen molar-refractivity contribution in [2.75, 3.05) is 18.6 Å². The molecule has 8 nitrogen and oxygen atoms in total. The number of benzene rings is 1. The number of rotatable bonds is 3. The number of nitriles is 1. The zero-order valence-corrected chi connectivity index (χ0v) is 16.3. The Bertz CT molecular complexity index is 1340.